The van der Waals surface area contributed by atoms with Crippen molar-refractivity contribution in [2.75, 3.05) is 7.11 Å². The SMILES string of the molecule is COc1ccc(C#N)cc1Oc1nnc(Cl)cc1O. The third-order valence-corrected chi connectivity index (χ3v) is 2.40. The number of rotatable bonds is 3. The van der Waals surface area contributed by atoms with Crippen molar-refractivity contribution >= 4 is 11.6 Å². The van der Waals surface area contributed by atoms with Gasteiger partial charge in [-0.2, -0.15) is 5.26 Å². The summed E-state index contributed by atoms with van der Waals surface area (Å²) in [5, 5.41) is 25.7. The Morgan fingerprint density at radius 1 is 1.26 bits per heavy atom. The van der Waals surface area contributed by atoms with Crippen LogP contribution in [0, 0.1) is 11.3 Å². The van der Waals surface area contributed by atoms with Gasteiger partial charge in [0, 0.05) is 12.1 Å². The van der Waals surface area contributed by atoms with Crippen molar-refractivity contribution in [3.05, 3.63) is 35.0 Å². The van der Waals surface area contributed by atoms with Gasteiger partial charge >= 0.3 is 0 Å². The fourth-order valence-electron chi connectivity index (χ4n) is 1.35. The fraction of sp³-hybridized carbons (Fsp3) is 0.0833. The summed E-state index contributed by atoms with van der Waals surface area (Å²) in [5.41, 5.74) is 0.386. The molecule has 0 saturated carbocycles. The van der Waals surface area contributed by atoms with Gasteiger partial charge in [-0.3, -0.25) is 0 Å². The molecule has 1 heterocycles. The van der Waals surface area contributed by atoms with Crippen molar-refractivity contribution in [2.24, 2.45) is 0 Å². The Hall–Kier alpha value is -2.52. The Bertz CT molecular complexity index is 655. The molecule has 96 valence electrons. The molecule has 0 aliphatic rings. The first kappa shape index (κ1) is 12.9. The standard InChI is InChI=1S/C12H8ClN3O3/c1-18-9-3-2-7(6-14)4-10(9)19-12-8(17)5-11(13)15-16-12/h2-5H,1H3,(H,15,17). The summed E-state index contributed by atoms with van der Waals surface area (Å²) >= 11 is 5.57. The molecule has 0 bridgehead atoms. The second-order valence-electron chi connectivity index (χ2n) is 3.44. The van der Waals surface area contributed by atoms with Gasteiger partial charge in [-0.15, -0.1) is 10.2 Å². The van der Waals surface area contributed by atoms with Crippen LogP contribution in [0.5, 0.6) is 23.1 Å². The zero-order valence-corrected chi connectivity index (χ0v) is 10.5. The van der Waals surface area contributed by atoms with Gasteiger partial charge in [0.1, 0.15) is 0 Å². The van der Waals surface area contributed by atoms with E-state index < -0.39 is 0 Å². The Morgan fingerprint density at radius 3 is 2.68 bits per heavy atom. The minimum absolute atomic E-state index is 0.0441. The van der Waals surface area contributed by atoms with Gasteiger partial charge in [-0.05, 0) is 12.1 Å². The highest BCUT2D eigenvalue weighted by atomic mass is 35.5. The predicted octanol–water partition coefficient (Wildman–Crippen LogP) is 2.51. The van der Waals surface area contributed by atoms with Crippen LogP contribution in [0.4, 0.5) is 0 Å². The van der Waals surface area contributed by atoms with E-state index in [0.29, 0.717) is 11.3 Å². The molecule has 0 unspecified atom stereocenters. The van der Waals surface area contributed by atoms with Gasteiger partial charge in [0.2, 0.25) is 0 Å². The van der Waals surface area contributed by atoms with E-state index in [1.165, 1.54) is 19.2 Å². The van der Waals surface area contributed by atoms with Crippen molar-refractivity contribution in [1.29, 1.82) is 5.26 Å². The fourth-order valence-corrected chi connectivity index (χ4v) is 1.49. The molecule has 1 N–H and O–H groups in total. The van der Waals surface area contributed by atoms with Gasteiger partial charge in [-0.1, -0.05) is 11.6 Å². The Kier molecular flexibility index (Phi) is 3.68. The van der Waals surface area contributed by atoms with Crippen LogP contribution < -0.4 is 9.47 Å². The first-order chi connectivity index (χ1) is 9.13. The monoisotopic (exact) mass is 277 g/mol. The number of benzene rings is 1. The summed E-state index contributed by atoms with van der Waals surface area (Å²) in [6.45, 7) is 0. The third-order valence-electron chi connectivity index (χ3n) is 2.21. The number of aromatic nitrogens is 2. The van der Waals surface area contributed by atoms with Crippen LogP contribution in [0.1, 0.15) is 5.56 Å². The normalized spacial score (nSPS) is 9.74. The number of methoxy groups -OCH3 is 1. The van der Waals surface area contributed by atoms with Crippen molar-refractivity contribution < 1.29 is 14.6 Å². The molecule has 19 heavy (non-hydrogen) atoms. The van der Waals surface area contributed by atoms with Crippen LogP contribution in [0.25, 0.3) is 0 Å². The highest BCUT2D eigenvalue weighted by Gasteiger charge is 2.12. The van der Waals surface area contributed by atoms with Crippen LogP contribution in [0.15, 0.2) is 24.3 Å². The lowest BCUT2D eigenvalue weighted by atomic mass is 10.2. The van der Waals surface area contributed by atoms with Gasteiger partial charge < -0.3 is 14.6 Å². The molecule has 0 aliphatic carbocycles. The number of aromatic hydroxyl groups is 1. The van der Waals surface area contributed by atoms with E-state index in [9.17, 15) is 5.11 Å². The first-order valence-electron chi connectivity index (χ1n) is 5.12. The molecule has 0 radical (unpaired) electrons. The van der Waals surface area contributed by atoms with Gasteiger partial charge in [-0.25, -0.2) is 0 Å². The number of ether oxygens (including phenoxy) is 2. The molecule has 0 spiro atoms. The molecule has 0 fully saturated rings. The highest BCUT2D eigenvalue weighted by Crippen LogP contribution is 2.35. The topological polar surface area (TPSA) is 88.3 Å². The van der Waals surface area contributed by atoms with Crippen molar-refractivity contribution in [2.45, 2.75) is 0 Å². The molecule has 0 atom stereocenters. The molecule has 2 aromatic rings. The Balaban J connectivity index is 2.39. The number of nitrogens with zero attached hydrogens (tertiary/aromatic N) is 3. The molecule has 0 aliphatic heterocycles. The van der Waals surface area contributed by atoms with Crippen LogP contribution in [-0.2, 0) is 0 Å². The maximum absolute atomic E-state index is 9.62. The van der Waals surface area contributed by atoms with Crippen LogP contribution in [0.3, 0.4) is 0 Å². The van der Waals surface area contributed by atoms with E-state index >= 15 is 0 Å². The summed E-state index contributed by atoms with van der Waals surface area (Å²) in [6.07, 6.45) is 0. The third kappa shape index (κ3) is 2.84. The second kappa shape index (κ2) is 5.42. The van der Waals surface area contributed by atoms with Crippen molar-refractivity contribution in [3.63, 3.8) is 0 Å². The van der Waals surface area contributed by atoms with E-state index in [4.69, 9.17) is 26.3 Å². The van der Waals surface area contributed by atoms with E-state index in [0.717, 1.165) is 0 Å². The summed E-state index contributed by atoms with van der Waals surface area (Å²) in [6, 6.07) is 7.80. The summed E-state index contributed by atoms with van der Waals surface area (Å²) in [5.74, 6) is 0.255. The Morgan fingerprint density at radius 2 is 2.05 bits per heavy atom. The number of nitriles is 1. The van der Waals surface area contributed by atoms with Crippen molar-refractivity contribution in [3.8, 4) is 29.2 Å². The average molecular weight is 278 g/mol. The predicted molar refractivity (Wildman–Crippen MR) is 66.5 cm³/mol. The maximum atomic E-state index is 9.62. The molecular weight excluding hydrogens is 270 g/mol. The minimum atomic E-state index is -0.260. The van der Waals surface area contributed by atoms with E-state index in [1.54, 1.807) is 12.1 Å². The smallest absolute Gasteiger partial charge is 0.281 e. The maximum Gasteiger partial charge on any atom is 0.281 e. The molecule has 1 aromatic carbocycles. The van der Waals surface area contributed by atoms with E-state index in [2.05, 4.69) is 10.2 Å². The van der Waals surface area contributed by atoms with Crippen LogP contribution >= 0.6 is 11.6 Å². The lowest BCUT2D eigenvalue weighted by Gasteiger charge is -2.10. The minimum Gasteiger partial charge on any atom is -0.503 e. The molecule has 0 amide bonds. The zero-order chi connectivity index (χ0) is 13.8. The van der Waals surface area contributed by atoms with Gasteiger partial charge in [0.25, 0.3) is 5.88 Å². The van der Waals surface area contributed by atoms with E-state index in [1.807, 2.05) is 6.07 Å². The van der Waals surface area contributed by atoms with Gasteiger partial charge in [0.05, 0.1) is 18.7 Å². The van der Waals surface area contributed by atoms with Crippen LogP contribution in [-0.4, -0.2) is 22.4 Å². The lowest BCUT2D eigenvalue weighted by molar-refractivity contribution is 0.355. The summed E-state index contributed by atoms with van der Waals surface area (Å²) in [4.78, 5) is 0. The molecule has 2 rings (SSSR count). The molecule has 1 aromatic heterocycles. The second-order valence-corrected chi connectivity index (χ2v) is 3.82. The lowest BCUT2D eigenvalue weighted by Crippen LogP contribution is -1.95. The van der Waals surface area contributed by atoms with Crippen molar-refractivity contribution in [1.82, 2.24) is 10.2 Å². The summed E-state index contributed by atoms with van der Waals surface area (Å²) < 4.78 is 10.5. The quantitative estimate of drug-likeness (QED) is 0.927. The largest absolute Gasteiger partial charge is 0.503 e. The highest BCUT2D eigenvalue weighted by molar-refractivity contribution is 6.29. The van der Waals surface area contributed by atoms with Crippen LogP contribution in [0.2, 0.25) is 5.15 Å². The molecule has 0 saturated heterocycles. The summed E-state index contributed by atoms with van der Waals surface area (Å²) in [7, 11) is 1.46. The van der Waals surface area contributed by atoms with Gasteiger partial charge in [0.15, 0.2) is 22.4 Å². The zero-order valence-electron chi connectivity index (χ0n) is 9.79. The van der Waals surface area contributed by atoms with E-state index in [-0.39, 0.29) is 22.5 Å². The number of hydrogen-bond acceptors (Lipinski definition) is 6. The molecular formula is C12H8ClN3O3. The molecule has 7 heteroatoms. The number of halogens is 1. The Labute approximate surface area is 113 Å². The molecule has 6 nitrogen and oxygen atoms in total. The number of hydrogen-bond donors (Lipinski definition) is 1. The first-order valence-corrected chi connectivity index (χ1v) is 5.50. The average Bonchev–Trinajstić information content (AvgIpc) is 2.41.